The molecular weight excluding hydrogens is 196 g/mol. The smallest absolute Gasteiger partial charge is 0.336 e. The molecule has 0 aromatic carbocycles. The van der Waals surface area contributed by atoms with Gasteiger partial charge in [-0.25, -0.2) is 4.79 Å². The summed E-state index contributed by atoms with van der Waals surface area (Å²) in [5.41, 5.74) is -1.66. The van der Waals surface area contributed by atoms with Gasteiger partial charge in [-0.15, -0.1) is 0 Å². The molecule has 5 nitrogen and oxygen atoms in total. The van der Waals surface area contributed by atoms with Crippen LogP contribution >= 0.6 is 0 Å². The van der Waals surface area contributed by atoms with Crippen molar-refractivity contribution in [2.75, 3.05) is 33.2 Å². The second-order valence-corrected chi connectivity index (χ2v) is 4.63. The second kappa shape index (κ2) is 4.92. The minimum absolute atomic E-state index is 0.0997. The van der Waals surface area contributed by atoms with Crippen LogP contribution in [-0.2, 0) is 4.79 Å². The summed E-state index contributed by atoms with van der Waals surface area (Å²) < 4.78 is 0. The first-order chi connectivity index (χ1) is 6.92. The van der Waals surface area contributed by atoms with Gasteiger partial charge in [-0.05, 0) is 39.4 Å². The molecule has 0 saturated carbocycles. The predicted molar refractivity (Wildman–Crippen MR) is 56.7 cm³/mol. The number of carboxylic acid groups (broad SMARTS) is 1. The zero-order valence-electron chi connectivity index (χ0n) is 9.36. The summed E-state index contributed by atoms with van der Waals surface area (Å²) in [6.07, 6.45) is 1.14. The van der Waals surface area contributed by atoms with Crippen LogP contribution in [0.1, 0.15) is 13.3 Å². The molecule has 0 amide bonds. The highest BCUT2D eigenvalue weighted by Gasteiger charge is 2.29. The third-order valence-corrected chi connectivity index (χ3v) is 2.85. The SMILES string of the molecule is CN1CCC(CNCC(C)(O)C(=O)O)C1. The lowest BCUT2D eigenvalue weighted by Crippen LogP contribution is -2.46. The van der Waals surface area contributed by atoms with Gasteiger partial charge < -0.3 is 20.4 Å². The van der Waals surface area contributed by atoms with Gasteiger partial charge in [0.25, 0.3) is 0 Å². The first-order valence-corrected chi connectivity index (χ1v) is 5.27. The van der Waals surface area contributed by atoms with Gasteiger partial charge in [-0.3, -0.25) is 0 Å². The van der Waals surface area contributed by atoms with Crippen LogP contribution in [0.5, 0.6) is 0 Å². The first-order valence-electron chi connectivity index (χ1n) is 5.27. The fourth-order valence-electron chi connectivity index (χ4n) is 1.79. The van der Waals surface area contributed by atoms with Gasteiger partial charge in [0.2, 0.25) is 0 Å². The number of hydrogen-bond donors (Lipinski definition) is 3. The Kier molecular flexibility index (Phi) is 4.07. The monoisotopic (exact) mass is 216 g/mol. The molecule has 1 saturated heterocycles. The number of likely N-dealkylation sites (tertiary alicyclic amines) is 1. The van der Waals surface area contributed by atoms with Gasteiger partial charge in [0, 0.05) is 13.1 Å². The molecule has 1 fully saturated rings. The molecule has 5 heteroatoms. The van der Waals surface area contributed by atoms with Crippen molar-refractivity contribution >= 4 is 5.97 Å². The minimum Gasteiger partial charge on any atom is -0.479 e. The van der Waals surface area contributed by atoms with Gasteiger partial charge in [-0.1, -0.05) is 0 Å². The zero-order valence-corrected chi connectivity index (χ0v) is 9.36. The van der Waals surface area contributed by atoms with E-state index in [1.165, 1.54) is 6.92 Å². The van der Waals surface area contributed by atoms with Crippen LogP contribution in [0.4, 0.5) is 0 Å². The standard InChI is InChI=1S/C10H20N2O3/c1-10(15,9(13)14)7-11-5-8-3-4-12(2)6-8/h8,11,15H,3-7H2,1-2H3,(H,13,14). The number of nitrogens with zero attached hydrogens (tertiary/aromatic N) is 1. The molecule has 1 aliphatic rings. The highest BCUT2D eigenvalue weighted by atomic mass is 16.4. The first kappa shape index (κ1) is 12.4. The van der Waals surface area contributed by atoms with Crippen LogP contribution in [0.15, 0.2) is 0 Å². The van der Waals surface area contributed by atoms with E-state index >= 15 is 0 Å². The quantitative estimate of drug-likeness (QED) is 0.570. The van der Waals surface area contributed by atoms with Gasteiger partial charge in [0.15, 0.2) is 5.60 Å². The van der Waals surface area contributed by atoms with E-state index in [0.717, 1.165) is 26.1 Å². The highest BCUT2D eigenvalue weighted by molar-refractivity contribution is 5.76. The van der Waals surface area contributed by atoms with Crippen molar-refractivity contribution in [1.29, 1.82) is 0 Å². The topological polar surface area (TPSA) is 72.8 Å². The van der Waals surface area contributed by atoms with E-state index in [1.54, 1.807) is 0 Å². The fraction of sp³-hybridized carbons (Fsp3) is 0.900. The summed E-state index contributed by atoms with van der Waals surface area (Å²) in [5, 5.41) is 21.1. The minimum atomic E-state index is -1.66. The number of nitrogens with one attached hydrogen (secondary N) is 1. The van der Waals surface area contributed by atoms with Gasteiger partial charge in [0.1, 0.15) is 0 Å². The molecule has 0 spiro atoms. The van der Waals surface area contributed by atoms with E-state index in [-0.39, 0.29) is 6.54 Å². The third-order valence-electron chi connectivity index (χ3n) is 2.85. The van der Waals surface area contributed by atoms with Crippen molar-refractivity contribution < 1.29 is 15.0 Å². The normalized spacial score (nSPS) is 26.5. The average Bonchev–Trinajstić information content (AvgIpc) is 2.51. The zero-order chi connectivity index (χ0) is 11.5. The fourth-order valence-corrected chi connectivity index (χ4v) is 1.79. The summed E-state index contributed by atoms with van der Waals surface area (Å²) >= 11 is 0. The van der Waals surface area contributed by atoms with Crippen LogP contribution < -0.4 is 5.32 Å². The lowest BCUT2D eigenvalue weighted by Gasteiger charge is -2.19. The Labute approximate surface area is 90.1 Å². The van der Waals surface area contributed by atoms with E-state index in [9.17, 15) is 9.90 Å². The van der Waals surface area contributed by atoms with Crippen molar-refractivity contribution in [3.63, 3.8) is 0 Å². The molecule has 3 N–H and O–H groups in total. The summed E-state index contributed by atoms with van der Waals surface area (Å²) in [5.74, 6) is -0.613. The van der Waals surface area contributed by atoms with Crippen LogP contribution in [0, 0.1) is 5.92 Å². The Bertz CT molecular complexity index is 231. The molecule has 0 radical (unpaired) electrons. The maximum atomic E-state index is 10.6. The molecule has 2 unspecified atom stereocenters. The van der Waals surface area contributed by atoms with Crippen molar-refractivity contribution in [1.82, 2.24) is 10.2 Å². The third kappa shape index (κ3) is 3.77. The largest absolute Gasteiger partial charge is 0.479 e. The Morgan fingerprint density at radius 3 is 2.80 bits per heavy atom. The molecule has 0 aromatic rings. The molecule has 15 heavy (non-hydrogen) atoms. The molecule has 0 bridgehead atoms. The Balaban J connectivity index is 2.19. The van der Waals surface area contributed by atoms with E-state index in [2.05, 4.69) is 17.3 Å². The van der Waals surface area contributed by atoms with Gasteiger partial charge in [0.05, 0.1) is 0 Å². The molecule has 0 aromatic heterocycles. The van der Waals surface area contributed by atoms with Crippen LogP contribution in [0.2, 0.25) is 0 Å². The summed E-state index contributed by atoms with van der Waals surface area (Å²) in [4.78, 5) is 12.9. The van der Waals surface area contributed by atoms with E-state index in [4.69, 9.17) is 5.11 Å². The number of hydrogen-bond acceptors (Lipinski definition) is 4. The maximum absolute atomic E-state index is 10.6. The van der Waals surface area contributed by atoms with E-state index < -0.39 is 11.6 Å². The highest BCUT2D eigenvalue weighted by Crippen LogP contribution is 2.13. The number of aliphatic hydroxyl groups is 1. The number of carbonyl (C=O) groups is 1. The van der Waals surface area contributed by atoms with Crippen molar-refractivity contribution in [2.45, 2.75) is 18.9 Å². The predicted octanol–water partition coefficient (Wildman–Crippen LogP) is -0.637. The molecule has 1 aliphatic heterocycles. The Morgan fingerprint density at radius 1 is 1.67 bits per heavy atom. The molecule has 1 rings (SSSR count). The van der Waals surface area contributed by atoms with Crippen molar-refractivity contribution in [2.24, 2.45) is 5.92 Å². The molecule has 0 aliphatic carbocycles. The molecule has 88 valence electrons. The number of rotatable bonds is 5. The average molecular weight is 216 g/mol. The lowest BCUT2D eigenvalue weighted by atomic mass is 10.1. The summed E-state index contributed by atoms with van der Waals surface area (Å²) in [6.45, 7) is 4.32. The van der Waals surface area contributed by atoms with E-state index in [1.807, 2.05) is 0 Å². The van der Waals surface area contributed by atoms with E-state index in [0.29, 0.717) is 5.92 Å². The van der Waals surface area contributed by atoms with Crippen LogP contribution in [0.25, 0.3) is 0 Å². The lowest BCUT2D eigenvalue weighted by molar-refractivity contribution is -0.156. The Morgan fingerprint density at radius 2 is 2.33 bits per heavy atom. The van der Waals surface area contributed by atoms with Crippen LogP contribution in [-0.4, -0.2) is 59.9 Å². The van der Waals surface area contributed by atoms with Crippen molar-refractivity contribution in [3.05, 3.63) is 0 Å². The Hall–Kier alpha value is -0.650. The van der Waals surface area contributed by atoms with Gasteiger partial charge >= 0.3 is 5.97 Å². The molecule has 2 atom stereocenters. The number of carboxylic acids is 1. The summed E-state index contributed by atoms with van der Waals surface area (Å²) in [6, 6.07) is 0. The summed E-state index contributed by atoms with van der Waals surface area (Å²) in [7, 11) is 2.08. The maximum Gasteiger partial charge on any atom is 0.336 e. The van der Waals surface area contributed by atoms with Gasteiger partial charge in [-0.2, -0.15) is 0 Å². The van der Waals surface area contributed by atoms with Crippen molar-refractivity contribution in [3.8, 4) is 0 Å². The molecular formula is C10H20N2O3. The van der Waals surface area contributed by atoms with Crippen LogP contribution in [0.3, 0.4) is 0 Å². The number of aliphatic carboxylic acids is 1. The molecule has 1 heterocycles. The second-order valence-electron chi connectivity index (χ2n) is 4.63.